The molecule has 100 valence electrons. The number of hydrogen-bond acceptors (Lipinski definition) is 4. The third-order valence-corrected chi connectivity index (χ3v) is 2.64. The second-order valence-corrected chi connectivity index (χ2v) is 4.14. The van der Waals surface area contributed by atoms with Crippen LogP contribution in [0.4, 0.5) is 0 Å². The topological polar surface area (TPSA) is 58.6 Å². The van der Waals surface area contributed by atoms with Crippen LogP contribution in [0.3, 0.4) is 0 Å². The van der Waals surface area contributed by atoms with E-state index in [0.717, 1.165) is 0 Å². The van der Waals surface area contributed by atoms with E-state index in [2.05, 4.69) is 5.32 Å². The summed E-state index contributed by atoms with van der Waals surface area (Å²) in [4.78, 5) is 24.7. The number of carbonyl (C=O) groups is 2. The predicted octanol–water partition coefficient (Wildman–Crippen LogP) is 0.642. The summed E-state index contributed by atoms with van der Waals surface area (Å²) in [6.07, 6.45) is 0. The quantitative estimate of drug-likeness (QED) is 0.668. The second-order valence-electron chi connectivity index (χ2n) is 4.14. The molecule has 0 aliphatic heterocycles. The van der Waals surface area contributed by atoms with Gasteiger partial charge in [0.1, 0.15) is 0 Å². The maximum absolute atomic E-state index is 11.7. The molecule has 0 aliphatic rings. The zero-order chi connectivity index (χ0) is 13.4. The third kappa shape index (κ3) is 5.68. The maximum Gasteiger partial charge on any atom is 0.309 e. The molecule has 0 saturated carbocycles. The minimum absolute atomic E-state index is 0.0311. The van der Waals surface area contributed by atoms with Gasteiger partial charge in [-0.15, -0.1) is 0 Å². The van der Waals surface area contributed by atoms with Crippen molar-refractivity contribution >= 4 is 11.9 Å². The van der Waals surface area contributed by atoms with Gasteiger partial charge in [0.05, 0.1) is 18.6 Å². The van der Waals surface area contributed by atoms with Crippen LogP contribution in [0.15, 0.2) is 0 Å². The molecule has 0 saturated heterocycles. The summed E-state index contributed by atoms with van der Waals surface area (Å²) < 4.78 is 4.89. The van der Waals surface area contributed by atoms with Gasteiger partial charge in [0, 0.05) is 20.1 Å². The zero-order valence-corrected chi connectivity index (χ0v) is 11.4. The van der Waals surface area contributed by atoms with Crippen LogP contribution in [-0.4, -0.2) is 49.6 Å². The molecular weight excluding hydrogens is 220 g/mol. The highest BCUT2D eigenvalue weighted by Crippen LogP contribution is 1.99. The summed E-state index contributed by atoms with van der Waals surface area (Å²) in [6, 6.07) is -0.281. The molecule has 1 N–H and O–H groups in total. The Balaban J connectivity index is 4.02. The second kappa shape index (κ2) is 8.06. The summed E-state index contributed by atoms with van der Waals surface area (Å²) in [6.45, 7) is 8.79. The number of amides is 1. The van der Waals surface area contributed by atoms with Gasteiger partial charge in [-0.05, 0) is 20.8 Å². The Kier molecular flexibility index (Phi) is 7.54. The molecule has 0 heterocycles. The first-order valence-corrected chi connectivity index (χ1v) is 6.08. The molecule has 0 aliphatic carbocycles. The molecular formula is C12H24N2O3. The summed E-state index contributed by atoms with van der Waals surface area (Å²) in [7, 11) is 1.76. The number of esters is 1. The summed E-state index contributed by atoms with van der Waals surface area (Å²) in [5.41, 5.74) is 0. The third-order valence-electron chi connectivity index (χ3n) is 2.64. The van der Waals surface area contributed by atoms with Crippen LogP contribution in [0, 0.1) is 5.92 Å². The van der Waals surface area contributed by atoms with Gasteiger partial charge in [-0.2, -0.15) is 0 Å². The molecule has 0 aromatic heterocycles. The number of hydrogen-bond donors (Lipinski definition) is 1. The van der Waals surface area contributed by atoms with Crippen molar-refractivity contribution in [3.8, 4) is 0 Å². The number of nitrogens with one attached hydrogen (secondary N) is 1. The van der Waals surface area contributed by atoms with Crippen LogP contribution < -0.4 is 5.32 Å². The van der Waals surface area contributed by atoms with E-state index in [4.69, 9.17) is 4.74 Å². The molecule has 0 radical (unpaired) electrons. The van der Waals surface area contributed by atoms with Crippen molar-refractivity contribution in [2.45, 2.75) is 33.7 Å². The van der Waals surface area contributed by atoms with Gasteiger partial charge >= 0.3 is 5.97 Å². The molecule has 5 nitrogen and oxygen atoms in total. The molecule has 0 bridgehead atoms. The first-order chi connectivity index (χ1) is 7.93. The van der Waals surface area contributed by atoms with Crippen LogP contribution in [-0.2, 0) is 14.3 Å². The van der Waals surface area contributed by atoms with E-state index in [1.807, 2.05) is 6.92 Å². The first-order valence-electron chi connectivity index (χ1n) is 6.08. The van der Waals surface area contributed by atoms with E-state index in [1.165, 1.54) is 0 Å². The summed E-state index contributed by atoms with van der Waals surface area (Å²) >= 11 is 0. The van der Waals surface area contributed by atoms with E-state index < -0.39 is 0 Å². The molecule has 0 rings (SSSR count). The van der Waals surface area contributed by atoms with Gasteiger partial charge in [0.15, 0.2) is 0 Å². The highest BCUT2D eigenvalue weighted by atomic mass is 16.5. The van der Waals surface area contributed by atoms with E-state index in [1.54, 1.807) is 32.7 Å². The Morgan fingerprint density at radius 2 is 1.88 bits per heavy atom. The highest BCUT2D eigenvalue weighted by molar-refractivity contribution is 5.81. The lowest BCUT2D eigenvalue weighted by Crippen LogP contribution is -2.45. The number of ether oxygens (including phenoxy) is 1. The van der Waals surface area contributed by atoms with Crippen LogP contribution >= 0.6 is 0 Å². The van der Waals surface area contributed by atoms with Gasteiger partial charge in [0.2, 0.25) is 5.91 Å². The van der Waals surface area contributed by atoms with Crippen molar-refractivity contribution in [2.75, 3.05) is 26.7 Å². The van der Waals surface area contributed by atoms with Crippen LogP contribution in [0.25, 0.3) is 0 Å². The summed E-state index contributed by atoms with van der Waals surface area (Å²) in [5, 5.41) is 3.04. The SMILES string of the molecule is CCOC(=O)C(C)CNC(C)C(=O)N(C)CC. The molecule has 0 fully saturated rings. The Morgan fingerprint density at radius 3 is 2.35 bits per heavy atom. The standard InChI is InChI=1S/C12H24N2O3/c1-6-14(5)11(15)10(4)13-8-9(3)12(16)17-7-2/h9-10,13H,6-8H2,1-5H3. The number of rotatable bonds is 7. The van der Waals surface area contributed by atoms with Crippen molar-refractivity contribution in [1.82, 2.24) is 10.2 Å². The van der Waals surface area contributed by atoms with E-state index >= 15 is 0 Å². The molecule has 0 aromatic rings. The van der Waals surface area contributed by atoms with Gasteiger partial charge < -0.3 is 15.0 Å². The Hall–Kier alpha value is -1.10. The molecule has 5 heteroatoms. The smallest absolute Gasteiger partial charge is 0.309 e. The van der Waals surface area contributed by atoms with Crippen molar-refractivity contribution in [1.29, 1.82) is 0 Å². The van der Waals surface area contributed by atoms with Gasteiger partial charge in [0.25, 0.3) is 0 Å². The number of nitrogens with zero attached hydrogens (tertiary/aromatic N) is 1. The highest BCUT2D eigenvalue weighted by Gasteiger charge is 2.19. The van der Waals surface area contributed by atoms with Crippen molar-refractivity contribution < 1.29 is 14.3 Å². The Morgan fingerprint density at radius 1 is 1.29 bits per heavy atom. The maximum atomic E-state index is 11.7. The zero-order valence-electron chi connectivity index (χ0n) is 11.4. The van der Waals surface area contributed by atoms with E-state index in [9.17, 15) is 9.59 Å². The van der Waals surface area contributed by atoms with Gasteiger partial charge in [-0.25, -0.2) is 0 Å². The van der Waals surface area contributed by atoms with Gasteiger partial charge in [-0.3, -0.25) is 9.59 Å². The molecule has 2 atom stereocenters. The van der Waals surface area contributed by atoms with Crippen molar-refractivity contribution in [3.05, 3.63) is 0 Å². The predicted molar refractivity (Wildman–Crippen MR) is 66.6 cm³/mol. The van der Waals surface area contributed by atoms with E-state index in [-0.39, 0.29) is 23.8 Å². The van der Waals surface area contributed by atoms with Crippen LogP contribution in [0.5, 0.6) is 0 Å². The van der Waals surface area contributed by atoms with E-state index in [0.29, 0.717) is 19.7 Å². The molecule has 0 aromatic carbocycles. The average molecular weight is 244 g/mol. The minimum Gasteiger partial charge on any atom is -0.466 e. The average Bonchev–Trinajstić information content (AvgIpc) is 2.33. The van der Waals surface area contributed by atoms with Crippen molar-refractivity contribution in [3.63, 3.8) is 0 Å². The largest absolute Gasteiger partial charge is 0.466 e. The Labute approximate surface area is 103 Å². The van der Waals surface area contributed by atoms with Gasteiger partial charge in [-0.1, -0.05) is 6.92 Å². The lowest BCUT2D eigenvalue weighted by atomic mass is 10.1. The summed E-state index contributed by atoms with van der Waals surface area (Å²) in [5.74, 6) is -0.441. The molecule has 0 spiro atoms. The molecule has 17 heavy (non-hydrogen) atoms. The lowest BCUT2D eigenvalue weighted by Gasteiger charge is -2.21. The van der Waals surface area contributed by atoms with Crippen LogP contribution in [0.1, 0.15) is 27.7 Å². The monoisotopic (exact) mass is 244 g/mol. The first kappa shape index (κ1) is 15.9. The fourth-order valence-corrected chi connectivity index (χ4v) is 1.30. The number of carbonyl (C=O) groups excluding carboxylic acids is 2. The number of likely N-dealkylation sites (N-methyl/N-ethyl adjacent to an activating group) is 1. The fourth-order valence-electron chi connectivity index (χ4n) is 1.30. The lowest BCUT2D eigenvalue weighted by molar-refractivity contribution is -0.147. The Bertz CT molecular complexity index is 256. The minimum atomic E-state index is -0.281. The normalized spacial score (nSPS) is 13.9. The van der Waals surface area contributed by atoms with Crippen LogP contribution in [0.2, 0.25) is 0 Å². The van der Waals surface area contributed by atoms with Crippen molar-refractivity contribution in [2.24, 2.45) is 5.92 Å². The molecule has 2 unspecified atom stereocenters. The molecule has 1 amide bonds. The fraction of sp³-hybridized carbons (Fsp3) is 0.833.